The van der Waals surface area contributed by atoms with Crippen LogP contribution >= 0.6 is 0 Å². The molecule has 1 amide bonds. The largest absolute Gasteiger partial charge is 0.379 e. The molecule has 5 unspecified atom stereocenters. The lowest BCUT2D eigenvalue weighted by Crippen LogP contribution is -2.51. The van der Waals surface area contributed by atoms with Crippen LogP contribution in [-0.2, 0) is 9.53 Å². The Kier molecular flexibility index (Phi) is 6.06. The first kappa shape index (κ1) is 16.8. The molecule has 0 bridgehead atoms. The summed E-state index contributed by atoms with van der Waals surface area (Å²) in [6.45, 7) is 11.0. The average Bonchev–Trinajstić information content (AvgIpc) is 2.87. The van der Waals surface area contributed by atoms with Gasteiger partial charge >= 0.3 is 0 Å². The molecule has 5 atom stereocenters. The molecule has 2 rings (SSSR count). The van der Waals surface area contributed by atoms with Gasteiger partial charge in [-0.15, -0.1) is 0 Å². The van der Waals surface area contributed by atoms with Crippen LogP contribution in [0.5, 0.6) is 0 Å². The number of carbonyl (C=O) groups excluding carboxylic acids is 1. The third-order valence-corrected chi connectivity index (χ3v) is 5.23. The van der Waals surface area contributed by atoms with Gasteiger partial charge in [0.1, 0.15) is 0 Å². The maximum atomic E-state index is 12.6. The average molecular weight is 296 g/mol. The zero-order valence-electron chi connectivity index (χ0n) is 14.0. The van der Waals surface area contributed by atoms with Gasteiger partial charge in [-0.05, 0) is 37.1 Å². The van der Waals surface area contributed by atoms with E-state index in [1.54, 1.807) is 0 Å². The second-order valence-electron chi connectivity index (χ2n) is 7.25. The van der Waals surface area contributed by atoms with E-state index in [0.29, 0.717) is 31.1 Å². The number of nitrogens with one attached hydrogen (secondary N) is 2. The van der Waals surface area contributed by atoms with E-state index >= 15 is 0 Å². The van der Waals surface area contributed by atoms with Crippen LogP contribution in [0.3, 0.4) is 0 Å². The summed E-state index contributed by atoms with van der Waals surface area (Å²) in [7, 11) is 0. The molecule has 4 heteroatoms. The predicted molar refractivity (Wildman–Crippen MR) is 85.0 cm³/mol. The van der Waals surface area contributed by atoms with Crippen molar-refractivity contribution in [3.63, 3.8) is 0 Å². The maximum absolute atomic E-state index is 12.6. The summed E-state index contributed by atoms with van der Waals surface area (Å²) < 4.78 is 5.50. The molecule has 1 saturated carbocycles. The summed E-state index contributed by atoms with van der Waals surface area (Å²) in [6.07, 6.45) is 3.65. The van der Waals surface area contributed by atoms with Gasteiger partial charge < -0.3 is 15.4 Å². The summed E-state index contributed by atoms with van der Waals surface area (Å²) in [5.74, 6) is 2.12. The van der Waals surface area contributed by atoms with Gasteiger partial charge in [-0.1, -0.05) is 34.1 Å². The van der Waals surface area contributed by atoms with Crippen LogP contribution in [0, 0.1) is 23.7 Å². The lowest BCUT2D eigenvalue weighted by atomic mass is 9.74. The van der Waals surface area contributed by atoms with E-state index in [1.807, 2.05) is 0 Å². The fourth-order valence-electron chi connectivity index (χ4n) is 3.93. The summed E-state index contributed by atoms with van der Waals surface area (Å²) in [5.41, 5.74) is 0. The van der Waals surface area contributed by atoms with Gasteiger partial charge in [-0.2, -0.15) is 0 Å². The molecular formula is C17H32N2O2. The first-order chi connectivity index (χ1) is 10.0. The molecule has 0 aromatic rings. The van der Waals surface area contributed by atoms with E-state index in [4.69, 9.17) is 4.74 Å². The number of rotatable bonds is 5. The van der Waals surface area contributed by atoms with Crippen molar-refractivity contribution in [2.24, 2.45) is 23.7 Å². The molecular weight excluding hydrogens is 264 g/mol. The second-order valence-corrected chi connectivity index (χ2v) is 7.25. The van der Waals surface area contributed by atoms with Crippen LogP contribution in [0.2, 0.25) is 0 Å². The molecule has 2 aliphatic rings. The van der Waals surface area contributed by atoms with E-state index in [-0.39, 0.29) is 17.9 Å². The molecule has 21 heavy (non-hydrogen) atoms. The normalized spacial score (nSPS) is 36.9. The molecule has 0 spiro atoms. The summed E-state index contributed by atoms with van der Waals surface area (Å²) in [4.78, 5) is 12.6. The highest BCUT2D eigenvalue weighted by Gasteiger charge is 2.37. The highest BCUT2D eigenvalue weighted by Crippen LogP contribution is 2.33. The van der Waals surface area contributed by atoms with Crippen LogP contribution in [0.25, 0.3) is 0 Å². The maximum Gasteiger partial charge on any atom is 0.227 e. The van der Waals surface area contributed by atoms with Crippen molar-refractivity contribution in [1.29, 1.82) is 0 Å². The lowest BCUT2D eigenvalue weighted by molar-refractivity contribution is -0.127. The van der Waals surface area contributed by atoms with Crippen molar-refractivity contribution < 1.29 is 9.53 Å². The van der Waals surface area contributed by atoms with Crippen molar-refractivity contribution in [1.82, 2.24) is 10.6 Å². The standard InChI is InChI=1S/C17H32N2O2/c1-5-18-16-10-21-9-14(16)17(20)19-15-8-12(4)6-7-13(15)11(2)3/h11-16,18H,5-10H2,1-4H3,(H,19,20). The van der Waals surface area contributed by atoms with Gasteiger partial charge in [0, 0.05) is 12.1 Å². The quantitative estimate of drug-likeness (QED) is 0.817. The molecule has 1 heterocycles. The third-order valence-electron chi connectivity index (χ3n) is 5.23. The fourth-order valence-corrected chi connectivity index (χ4v) is 3.93. The molecule has 2 N–H and O–H groups in total. The molecule has 1 aliphatic carbocycles. The highest BCUT2D eigenvalue weighted by atomic mass is 16.5. The zero-order valence-corrected chi connectivity index (χ0v) is 14.0. The Balaban J connectivity index is 1.96. The molecule has 122 valence electrons. The first-order valence-corrected chi connectivity index (χ1v) is 8.64. The molecule has 4 nitrogen and oxygen atoms in total. The van der Waals surface area contributed by atoms with Crippen LogP contribution in [0.1, 0.15) is 47.0 Å². The van der Waals surface area contributed by atoms with E-state index < -0.39 is 0 Å². The smallest absolute Gasteiger partial charge is 0.227 e. The van der Waals surface area contributed by atoms with Gasteiger partial charge in [0.15, 0.2) is 0 Å². The molecule has 0 aromatic heterocycles. The topological polar surface area (TPSA) is 50.4 Å². The summed E-state index contributed by atoms with van der Waals surface area (Å²) in [5, 5.41) is 6.72. The SMILES string of the molecule is CCNC1COCC1C(=O)NC1CC(C)CCC1C(C)C. The van der Waals surface area contributed by atoms with Gasteiger partial charge in [0.05, 0.1) is 19.1 Å². The number of hydrogen-bond donors (Lipinski definition) is 2. The number of likely N-dealkylation sites (N-methyl/N-ethyl adjacent to an activating group) is 1. The van der Waals surface area contributed by atoms with Gasteiger partial charge in [0.25, 0.3) is 0 Å². The van der Waals surface area contributed by atoms with E-state index in [9.17, 15) is 4.79 Å². The van der Waals surface area contributed by atoms with Gasteiger partial charge in [0.2, 0.25) is 5.91 Å². The minimum absolute atomic E-state index is 0.0324. The van der Waals surface area contributed by atoms with E-state index in [0.717, 1.165) is 18.9 Å². The Labute approximate surface area is 129 Å². The van der Waals surface area contributed by atoms with E-state index in [2.05, 4.69) is 38.3 Å². The molecule has 1 aliphatic heterocycles. The third kappa shape index (κ3) is 4.19. The van der Waals surface area contributed by atoms with Crippen LogP contribution in [0.15, 0.2) is 0 Å². The molecule has 0 radical (unpaired) electrons. The minimum atomic E-state index is -0.0324. The number of amides is 1. The van der Waals surface area contributed by atoms with Crippen molar-refractivity contribution >= 4 is 5.91 Å². The number of carbonyl (C=O) groups is 1. The van der Waals surface area contributed by atoms with Crippen LogP contribution < -0.4 is 10.6 Å². The Hall–Kier alpha value is -0.610. The molecule has 2 fully saturated rings. The first-order valence-electron chi connectivity index (χ1n) is 8.64. The van der Waals surface area contributed by atoms with Crippen LogP contribution in [-0.4, -0.2) is 37.7 Å². The van der Waals surface area contributed by atoms with Crippen molar-refractivity contribution in [2.75, 3.05) is 19.8 Å². The fraction of sp³-hybridized carbons (Fsp3) is 0.941. The number of ether oxygens (including phenoxy) is 1. The zero-order chi connectivity index (χ0) is 15.4. The predicted octanol–water partition coefficient (Wildman–Crippen LogP) is 2.19. The summed E-state index contributed by atoms with van der Waals surface area (Å²) >= 11 is 0. The minimum Gasteiger partial charge on any atom is -0.379 e. The Bertz CT molecular complexity index is 346. The monoisotopic (exact) mass is 296 g/mol. The Morgan fingerprint density at radius 2 is 2.00 bits per heavy atom. The molecule has 1 saturated heterocycles. The Morgan fingerprint density at radius 1 is 1.24 bits per heavy atom. The van der Waals surface area contributed by atoms with Gasteiger partial charge in [-0.25, -0.2) is 0 Å². The van der Waals surface area contributed by atoms with Gasteiger partial charge in [-0.3, -0.25) is 4.79 Å². The van der Waals surface area contributed by atoms with Crippen molar-refractivity contribution in [2.45, 2.75) is 59.0 Å². The van der Waals surface area contributed by atoms with E-state index in [1.165, 1.54) is 12.8 Å². The molecule has 0 aromatic carbocycles. The van der Waals surface area contributed by atoms with Crippen LogP contribution in [0.4, 0.5) is 0 Å². The summed E-state index contributed by atoms with van der Waals surface area (Å²) in [6, 6.07) is 0.512. The van der Waals surface area contributed by atoms with Crippen molar-refractivity contribution in [3.05, 3.63) is 0 Å². The Morgan fingerprint density at radius 3 is 2.67 bits per heavy atom. The highest BCUT2D eigenvalue weighted by molar-refractivity contribution is 5.80. The lowest BCUT2D eigenvalue weighted by Gasteiger charge is -2.38. The number of hydrogen-bond acceptors (Lipinski definition) is 3. The second kappa shape index (κ2) is 7.59. The van der Waals surface area contributed by atoms with Crippen molar-refractivity contribution in [3.8, 4) is 0 Å².